The van der Waals surface area contributed by atoms with Crippen molar-refractivity contribution in [2.75, 3.05) is 13.7 Å². The molecule has 86 valence electrons. The van der Waals surface area contributed by atoms with Crippen LogP contribution in [0.2, 0.25) is 0 Å². The van der Waals surface area contributed by atoms with Crippen molar-refractivity contribution in [2.24, 2.45) is 0 Å². The highest BCUT2D eigenvalue weighted by Gasteiger charge is 2.19. The maximum absolute atomic E-state index is 8.95. The molecule has 2 rings (SSSR count). The molecule has 1 heterocycles. The van der Waals surface area contributed by atoms with Crippen molar-refractivity contribution in [1.82, 2.24) is 5.48 Å². The standard InChI is InChI=1S/C11H12BrNO3/c1-15-11-4-7(12)2-3-9(11)10-5-8(6-14)16-13-10/h2-5,8,13-14H,6H2,1H3. The van der Waals surface area contributed by atoms with Crippen molar-refractivity contribution in [2.45, 2.75) is 6.10 Å². The van der Waals surface area contributed by atoms with Gasteiger partial charge >= 0.3 is 0 Å². The maximum atomic E-state index is 8.95. The van der Waals surface area contributed by atoms with E-state index >= 15 is 0 Å². The summed E-state index contributed by atoms with van der Waals surface area (Å²) >= 11 is 3.38. The normalized spacial score (nSPS) is 19.2. The summed E-state index contributed by atoms with van der Waals surface area (Å²) in [5.74, 6) is 0.746. The number of nitrogens with one attached hydrogen (secondary N) is 1. The van der Waals surface area contributed by atoms with Gasteiger partial charge in [-0.3, -0.25) is 10.3 Å². The van der Waals surface area contributed by atoms with Gasteiger partial charge in [0.1, 0.15) is 11.9 Å². The molecule has 16 heavy (non-hydrogen) atoms. The van der Waals surface area contributed by atoms with E-state index in [2.05, 4.69) is 21.4 Å². The number of methoxy groups -OCH3 is 1. The third kappa shape index (κ3) is 2.21. The van der Waals surface area contributed by atoms with E-state index in [9.17, 15) is 0 Å². The molecule has 2 N–H and O–H groups in total. The Bertz CT molecular complexity index is 420. The quantitative estimate of drug-likeness (QED) is 0.888. The number of rotatable bonds is 3. The van der Waals surface area contributed by atoms with Crippen molar-refractivity contribution in [3.63, 3.8) is 0 Å². The summed E-state index contributed by atoms with van der Waals surface area (Å²) in [4.78, 5) is 5.14. The fraction of sp³-hybridized carbons (Fsp3) is 0.273. The monoisotopic (exact) mass is 285 g/mol. The lowest BCUT2D eigenvalue weighted by molar-refractivity contribution is 0.0172. The molecule has 5 heteroatoms. The number of aliphatic hydroxyl groups is 1. The van der Waals surface area contributed by atoms with E-state index in [1.54, 1.807) is 7.11 Å². The topological polar surface area (TPSA) is 50.7 Å². The Labute approximate surface area is 102 Å². The molecule has 0 saturated carbocycles. The number of ether oxygens (including phenoxy) is 1. The highest BCUT2D eigenvalue weighted by Crippen LogP contribution is 2.30. The number of benzene rings is 1. The van der Waals surface area contributed by atoms with Gasteiger partial charge in [-0.1, -0.05) is 15.9 Å². The van der Waals surface area contributed by atoms with E-state index in [0.29, 0.717) is 0 Å². The smallest absolute Gasteiger partial charge is 0.129 e. The van der Waals surface area contributed by atoms with Crippen LogP contribution >= 0.6 is 15.9 Å². The van der Waals surface area contributed by atoms with Crippen LogP contribution in [0.4, 0.5) is 0 Å². The Balaban J connectivity index is 2.34. The molecule has 1 aromatic rings. The molecule has 0 aromatic heterocycles. The van der Waals surface area contributed by atoms with E-state index in [1.807, 2.05) is 24.3 Å². The first-order chi connectivity index (χ1) is 7.74. The van der Waals surface area contributed by atoms with E-state index in [0.717, 1.165) is 21.5 Å². The Morgan fingerprint density at radius 1 is 1.56 bits per heavy atom. The lowest BCUT2D eigenvalue weighted by Crippen LogP contribution is -2.15. The molecule has 1 aliphatic rings. The van der Waals surface area contributed by atoms with Crippen LogP contribution in [0.25, 0.3) is 5.70 Å². The Kier molecular flexibility index (Phi) is 3.48. The zero-order valence-corrected chi connectivity index (χ0v) is 10.3. The second kappa shape index (κ2) is 4.86. The third-order valence-corrected chi connectivity index (χ3v) is 2.80. The largest absolute Gasteiger partial charge is 0.496 e. The first-order valence-corrected chi connectivity index (χ1v) is 5.62. The second-order valence-corrected chi connectivity index (χ2v) is 4.28. The van der Waals surface area contributed by atoms with Crippen LogP contribution in [0.5, 0.6) is 5.75 Å². The highest BCUT2D eigenvalue weighted by atomic mass is 79.9. The van der Waals surface area contributed by atoms with Crippen LogP contribution in [0, 0.1) is 0 Å². The minimum atomic E-state index is -0.302. The van der Waals surface area contributed by atoms with Gasteiger partial charge in [-0.15, -0.1) is 0 Å². The highest BCUT2D eigenvalue weighted by molar-refractivity contribution is 9.10. The van der Waals surface area contributed by atoms with Gasteiger partial charge in [0.25, 0.3) is 0 Å². The molecular formula is C11H12BrNO3. The molecule has 0 amide bonds. The lowest BCUT2D eigenvalue weighted by Gasteiger charge is -2.09. The van der Waals surface area contributed by atoms with Crippen LogP contribution < -0.4 is 10.2 Å². The number of hydrogen-bond donors (Lipinski definition) is 2. The summed E-state index contributed by atoms with van der Waals surface area (Å²) in [5, 5.41) is 8.95. The summed E-state index contributed by atoms with van der Waals surface area (Å²) in [7, 11) is 1.62. The van der Waals surface area contributed by atoms with Crippen LogP contribution in [-0.4, -0.2) is 24.9 Å². The minimum Gasteiger partial charge on any atom is -0.496 e. The van der Waals surface area contributed by atoms with Gasteiger partial charge in [0.15, 0.2) is 0 Å². The second-order valence-electron chi connectivity index (χ2n) is 3.37. The Hall–Kier alpha value is -1.04. The van der Waals surface area contributed by atoms with Crippen LogP contribution in [0.15, 0.2) is 28.7 Å². The molecular weight excluding hydrogens is 274 g/mol. The lowest BCUT2D eigenvalue weighted by atomic mass is 10.1. The number of hydroxylamine groups is 1. The summed E-state index contributed by atoms with van der Waals surface area (Å²) in [6, 6.07) is 5.72. The first kappa shape index (κ1) is 11.4. The van der Waals surface area contributed by atoms with E-state index in [4.69, 9.17) is 14.7 Å². The van der Waals surface area contributed by atoms with Gasteiger partial charge in [-0.25, -0.2) is 0 Å². The van der Waals surface area contributed by atoms with Crippen molar-refractivity contribution >= 4 is 21.6 Å². The molecule has 4 nitrogen and oxygen atoms in total. The molecule has 1 atom stereocenters. The fourth-order valence-electron chi connectivity index (χ4n) is 1.52. The molecule has 0 saturated heterocycles. The third-order valence-electron chi connectivity index (χ3n) is 2.31. The summed E-state index contributed by atoms with van der Waals surface area (Å²) in [6.45, 7) is -0.0463. The van der Waals surface area contributed by atoms with E-state index in [-0.39, 0.29) is 12.7 Å². The van der Waals surface area contributed by atoms with Crippen molar-refractivity contribution < 1.29 is 14.7 Å². The molecule has 1 aromatic carbocycles. The molecule has 1 unspecified atom stereocenters. The number of hydrogen-bond acceptors (Lipinski definition) is 4. The Morgan fingerprint density at radius 3 is 3.00 bits per heavy atom. The van der Waals surface area contributed by atoms with Gasteiger partial charge in [0, 0.05) is 10.0 Å². The van der Waals surface area contributed by atoms with Gasteiger partial charge < -0.3 is 9.84 Å². The number of halogens is 1. The van der Waals surface area contributed by atoms with Crippen molar-refractivity contribution in [1.29, 1.82) is 0 Å². The first-order valence-electron chi connectivity index (χ1n) is 4.83. The van der Waals surface area contributed by atoms with Gasteiger partial charge in [-0.05, 0) is 24.3 Å². The molecule has 0 fully saturated rings. The summed E-state index contributed by atoms with van der Waals surface area (Å²) in [5.41, 5.74) is 4.49. The Morgan fingerprint density at radius 2 is 2.38 bits per heavy atom. The molecule has 0 aliphatic carbocycles. The van der Waals surface area contributed by atoms with Crippen molar-refractivity contribution in [3.05, 3.63) is 34.3 Å². The van der Waals surface area contributed by atoms with Crippen LogP contribution in [0.3, 0.4) is 0 Å². The molecule has 0 radical (unpaired) electrons. The number of aliphatic hydroxyl groups excluding tert-OH is 1. The SMILES string of the molecule is COc1cc(Br)ccc1C1=CC(CO)ON1. The zero-order valence-electron chi connectivity index (χ0n) is 8.74. The van der Waals surface area contributed by atoms with Crippen molar-refractivity contribution in [3.8, 4) is 5.75 Å². The minimum absolute atomic E-state index is 0.0463. The summed E-state index contributed by atoms with van der Waals surface area (Å²) < 4.78 is 6.23. The summed E-state index contributed by atoms with van der Waals surface area (Å²) in [6.07, 6.45) is 1.52. The molecule has 0 spiro atoms. The van der Waals surface area contributed by atoms with Crippen LogP contribution in [0.1, 0.15) is 5.56 Å². The van der Waals surface area contributed by atoms with E-state index in [1.165, 1.54) is 0 Å². The maximum Gasteiger partial charge on any atom is 0.129 e. The van der Waals surface area contributed by atoms with Crippen LogP contribution in [-0.2, 0) is 4.84 Å². The average Bonchev–Trinajstić information content (AvgIpc) is 2.77. The molecule has 1 aliphatic heterocycles. The van der Waals surface area contributed by atoms with Gasteiger partial charge in [0.2, 0.25) is 0 Å². The van der Waals surface area contributed by atoms with Gasteiger partial charge in [-0.2, -0.15) is 0 Å². The predicted octanol–water partition coefficient (Wildman–Crippen LogP) is 1.69. The van der Waals surface area contributed by atoms with Gasteiger partial charge in [0.05, 0.1) is 19.4 Å². The van der Waals surface area contributed by atoms with E-state index < -0.39 is 0 Å². The fourth-order valence-corrected chi connectivity index (χ4v) is 1.86. The average molecular weight is 286 g/mol. The zero-order chi connectivity index (χ0) is 11.5. The predicted molar refractivity (Wildman–Crippen MR) is 63.8 cm³/mol. The molecule has 0 bridgehead atoms.